The maximum absolute atomic E-state index is 2.58. The molecule has 0 spiro atoms. The predicted molar refractivity (Wildman–Crippen MR) is 84.7 cm³/mol. The molecule has 17 heavy (non-hydrogen) atoms. The minimum atomic E-state index is 1.06. The maximum Gasteiger partial charge on any atom is 0.00237 e. The summed E-state index contributed by atoms with van der Waals surface area (Å²) in [6.07, 6.45) is 15.3. The van der Waals surface area contributed by atoms with Crippen molar-refractivity contribution < 1.29 is 0 Å². The van der Waals surface area contributed by atoms with Crippen LogP contribution in [-0.2, 0) is 0 Å². The van der Waals surface area contributed by atoms with Crippen molar-refractivity contribution in [3.8, 4) is 0 Å². The summed E-state index contributed by atoms with van der Waals surface area (Å²) in [7, 11) is 0. The van der Waals surface area contributed by atoms with Gasteiger partial charge in [0.2, 0.25) is 0 Å². The van der Waals surface area contributed by atoms with Crippen molar-refractivity contribution in [2.75, 3.05) is 4.43 Å². The summed E-state index contributed by atoms with van der Waals surface area (Å²) >= 11 is 2.58. The van der Waals surface area contributed by atoms with Crippen LogP contribution >= 0.6 is 22.6 Å². The van der Waals surface area contributed by atoms with Crippen LogP contribution in [0.3, 0.4) is 0 Å². The summed E-state index contributed by atoms with van der Waals surface area (Å²) in [5.41, 5.74) is 0. The van der Waals surface area contributed by atoms with Gasteiger partial charge in [-0.25, -0.2) is 0 Å². The fourth-order valence-electron chi connectivity index (χ4n) is 4.17. The highest BCUT2D eigenvalue weighted by Crippen LogP contribution is 2.42. The fraction of sp³-hybridized carbons (Fsp3) is 1.00. The van der Waals surface area contributed by atoms with E-state index in [4.69, 9.17) is 0 Å². The van der Waals surface area contributed by atoms with E-state index < -0.39 is 0 Å². The lowest BCUT2D eigenvalue weighted by atomic mass is 9.69. The zero-order valence-corrected chi connectivity index (χ0v) is 13.6. The van der Waals surface area contributed by atoms with Gasteiger partial charge in [-0.2, -0.15) is 0 Å². The monoisotopic (exact) mass is 348 g/mol. The smallest absolute Gasteiger partial charge is 0.00237 e. The van der Waals surface area contributed by atoms with Gasteiger partial charge in [0.1, 0.15) is 0 Å². The molecule has 0 nitrogen and oxygen atoms in total. The van der Waals surface area contributed by atoms with Crippen molar-refractivity contribution in [2.24, 2.45) is 23.7 Å². The molecule has 0 radical (unpaired) electrons. The molecule has 2 aliphatic rings. The minimum Gasteiger partial charge on any atom is -0.0861 e. The Kier molecular flexibility index (Phi) is 6.12. The Morgan fingerprint density at radius 2 is 1.24 bits per heavy atom. The molecule has 0 aromatic rings. The molecule has 0 atom stereocenters. The highest BCUT2D eigenvalue weighted by atomic mass is 127. The van der Waals surface area contributed by atoms with Crippen molar-refractivity contribution in [3.63, 3.8) is 0 Å². The van der Waals surface area contributed by atoms with E-state index in [9.17, 15) is 0 Å². The molecule has 0 amide bonds. The Labute approximate surface area is 121 Å². The highest BCUT2D eigenvalue weighted by molar-refractivity contribution is 14.1. The summed E-state index contributed by atoms with van der Waals surface area (Å²) in [4.78, 5) is 0. The molecule has 0 aromatic carbocycles. The van der Waals surface area contributed by atoms with Crippen molar-refractivity contribution in [1.29, 1.82) is 0 Å². The Morgan fingerprint density at radius 1 is 0.765 bits per heavy atom. The molecular weight excluding hydrogens is 319 g/mol. The third kappa shape index (κ3) is 4.11. The first-order chi connectivity index (χ1) is 8.33. The Hall–Kier alpha value is 0.730. The summed E-state index contributed by atoms with van der Waals surface area (Å²) in [5.74, 6) is 4.36. The number of rotatable bonds is 4. The molecule has 0 aliphatic heterocycles. The average Bonchev–Trinajstić information content (AvgIpc) is 2.40. The molecule has 2 fully saturated rings. The van der Waals surface area contributed by atoms with Gasteiger partial charge in [-0.3, -0.25) is 0 Å². The molecule has 0 N–H and O–H groups in total. The van der Waals surface area contributed by atoms with Gasteiger partial charge in [0.05, 0.1) is 0 Å². The van der Waals surface area contributed by atoms with Crippen LogP contribution in [0.15, 0.2) is 0 Å². The van der Waals surface area contributed by atoms with Gasteiger partial charge in [0.25, 0.3) is 0 Å². The number of hydrogen-bond acceptors (Lipinski definition) is 0. The lowest BCUT2D eigenvalue weighted by Crippen LogP contribution is -2.26. The van der Waals surface area contributed by atoms with Gasteiger partial charge in [0, 0.05) is 4.43 Å². The van der Waals surface area contributed by atoms with Gasteiger partial charge in [-0.1, -0.05) is 55.2 Å². The first kappa shape index (κ1) is 14.1. The van der Waals surface area contributed by atoms with Crippen LogP contribution in [0.25, 0.3) is 0 Å². The van der Waals surface area contributed by atoms with Crippen LogP contribution in [0.5, 0.6) is 0 Å². The zero-order valence-electron chi connectivity index (χ0n) is 11.5. The zero-order chi connectivity index (χ0) is 12.1. The van der Waals surface area contributed by atoms with Crippen LogP contribution in [-0.4, -0.2) is 4.43 Å². The fourth-order valence-corrected chi connectivity index (χ4v) is 5.05. The molecule has 2 rings (SSSR count). The van der Waals surface area contributed by atoms with Crippen LogP contribution in [0.1, 0.15) is 71.1 Å². The Balaban J connectivity index is 1.70. The molecule has 100 valence electrons. The van der Waals surface area contributed by atoms with Gasteiger partial charge in [-0.15, -0.1) is 0 Å². The molecule has 2 aliphatic carbocycles. The van der Waals surface area contributed by atoms with Gasteiger partial charge >= 0.3 is 0 Å². The lowest BCUT2D eigenvalue weighted by molar-refractivity contribution is 0.149. The topological polar surface area (TPSA) is 0 Å². The first-order valence-electron chi connectivity index (χ1n) is 7.89. The third-order valence-corrected chi connectivity index (χ3v) is 6.61. The van der Waals surface area contributed by atoms with E-state index in [2.05, 4.69) is 29.5 Å². The average molecular weight is 348 g/mol. The van der Waals surface area contributed by atoms with E-state index >= 15 is 0 Å². The van der Waals surface area contributed by atoms with E-state index in [1.807, 2.05) is 0 Å². The van der Waals surface area contributed by atoms with Crippen molar-refractivity contribution >= 4 is 22.6 Å². The molecule has 1 heteroatoms. The van der Waals surface area contributed by atoms with Crippen LogP contribution in [0.4, 0.5) is 0 Å². The molecule has 0 saturated heterocycles. The predicted octanol–water partition coefficient (Wildman–Crippen LogP) is 5.83. The van der Waals surface area contributed by atoms with Gasteiger partial charge in [-0.05, 0) is 62.2 Å². The molecule has 2 saturated carbocycles. The second kappa shape index (κ2) is 7.35. The first-order valence-corrected chi connectivity index (χ1v) is 9.42. The Bertz CT molecular complexity index is 198. The van der Waals surface area contributed by atoms with Crippen LogP contribution < -0.4 is 0 Å². The normalized spacial score (nSPS) is 39.2. The summed E-state index contributed by atoms with van der Waals surface area (Å²) < 4.78 is 1.40. The quantitative estimate of drug-likeness (QED) is 0.443. The molecule has 0 heterocycles. The van der Waals surface area contributed by atoms with Crippen LogP contribution in [0, 0.1) is 23.7 Å². The second-order valence-electron chi connectivity index (χ2n) is 6.50. The van der Waals surface area contributed by atoms with Crippen LogP contribution in [0.2, 0.25) is 0 Å². The van der Waals surface area contributed by atoms with E-state index in [1.54, 1.807) is 38.5 Å². The SMILES string of the molecule is CCC[C@H]1CC[C@H]([C@H]2CC[C@H](CI)CC2)CC1. The minimum absolute atomic E-state index is 1.06. The number of alkyl halides is 1. The van der Waals surface area contributed by atoms with E-state index in [-0.39, 0.29) is 0 Å². The van der Waals surface area contributed by atoms with E-state index in [0.717, 1.165) is 23.7 Å². The van der Waals surface area contributed by atoms with E-state index in [0.29, 0.717) is 0 Å². The lowest BCUT2D eigenvalue weighted by Gasteiger charge is -2.37. The second-order valence-corrected chi connectivity index (χ2v) is 7.39. The maximum atomic E-state index is 2.58. The summed E-state index contributed by atoms with van der Waals surface area (Å²) in [6, 6.07) is 0. The van der Waals surface area contributed by atoms with Crippen molar-refractivity contribution in [3.05, 3.63) is 0 Å². The standard InChI is InChI=1S/C16H29I/c1-2-3-13-4-8-15(9-5-13)16-10-6-14(12-17)7-11-16/h13-16H,2-12H2,1H3/t13-,14-,15-,16-. The number of hydrogen-bond donors (Lipinski definition) is 0. The molecule has 0 bridgehead atoms. The molecule has 0 unspecified atom stereocenters. The Morgan fingerprint density at radius 3 is 1.65 bits per heavy atom. The van der Waals surface area contributed by atoms with Crippen molar-refractivity contribution in [2.45, 2.75) is 71.1 Å². The van der Waals surface area contributed by atoms with Crippen molar-refractivity contribution in [1.82, 2.24) is 0 Å². The van der Waals surface area contributed by atoms with E-state index in [1.165, 1.54) is 30.1 Å². The largest absolute Gasteiger partial charge is 0.0861 e. The van der Waals surface area contributed by atoms with Gasteiger partial charge < -0.3 is 0 Å². The molecular formula is C16H29I. The summed E-state index contributed by atoms with van der Waals surface area (Å²) in [6.45, 7) is 2.34. The number of halogens is 1. The highest BCUT2D eigenvalue weighted by Gasteiger charge is 2.30. The summed E-state index contributed by atoms with van der Waals surface area (Å²) in [5, 5.41) is 0. The third-order valence-electron chi connectivity index (χ3n) is 5.36. The molecule has 0 aromatic heterocycles. The van der Waals surface area contributed by atoms with Gasteiger partial charge in [0.15, 0.2) is 0 Å².